The molecular formula is C23H26FN3O2. The second-order valence-electron chi connectivity index (χ2n) is 7.45. The number of morpholine rings is 1. The molecule has 1 aliphatic rings. The van der Waals surface area contributed by atoms with Crippen molar-refractivity contribution in [1.82, 2.24) is 14.8 Å². The number of fused-ring (bicyclic) bond motifs is 1. The maximum absolute atomic E-state index is 13.4. The Hall–Kier alpha value is -2.70. The van der Waals surface area contributed by atoms with E-state index in [-0.39, 0.29) is 24.3 Å². The fourth-order valence-electron chi connectivity index (χ4n) is 4.00. The number of rotatable bonds is 6. The van der Waals surface area contributed by atoms with Gasteiger partial charge in [-0.3, -0.25) is 9.69 Å². The van der Waals surface area contributed by atoms with Crippen LogP contribution in [0.1, 0.15) is 17.3 Å². The number of ether oxygens (including phenoxy) is 1. The van der Waals surface area contributed by atoms with Crippen LogP contribution in [-0.4, -0.2) is 48.2 Å². The van der Waals surface area contributed by atoms with Crippen molar-refractivity contribution in [1.29, 1.82) is 0 Å². The molecule has 4 rings (SSSR count). The first kappa shape index (κ1) is 19.6. The van der Waals surface area contributed by atoms with Crippen LogP contribution in [0.3, 0.4) is 0 Å². The van der Waals surface area contributed by atoms with E-state index in [4.69, 9.17) is 4.74 Å². The van der Waals surface area contributed by atoms with Gasteiger partial charge in [0.2, 0.25) is 5.91 Å². The highest BCUT2D eigenvalue weighted by molar-refractivity contribution is 5.84. The lowest BCUT2D eigenvalue weighted by Gasteiger charge is -2.35. The summed E-state index contributed by atoms with van der Waals surface area (Å²) >= 11 is 0. The number of amides is 1. The molecule has 1 saturated heterocycles. The Balaban J connectivity index is 1.47. The van der Waals surface area contributed by atoms with Crippen molar-refractivity contribution in [3.8, 4) is 0 Å². The molecule has 0 saturated carbocycles. The first-order chi connectivity index (χ1) is 14.1. The van der Waals surface area contributed by atoms with E-state index in [1.54, 1.807) is 12.1 Å². The molecule has 1 unspecified atom stereocenters. The molecular weight excluding hydrogens is 369 g/mol. The van der Waals surface area contributed by atoms with Crippen molar-refractivity contribution in [2.45, 2.75) is 19.5 Å². The monoisotopic (exact) mass is 395 g/mol. The average Bonchev–Trinajstić information content (AvgIpc) is 3.05. The molecule has 0 spiro atoms. The molecule has 5 nitrogen and oxygen atoms in total. The molecule has 1 fully saturated rings. The Kier molecular flexibility index (Phi) is 5.92. The quantitative estimate of drug-likeness (QED) is 0.697. The summed E-state index contributed by atoms with van der Waals surface area (Å²) in [6.07, 6.45) is 0. The molecule has 0 bridgehead atoms. The average molecular weight is 395 g/mol. The highest BCUT2D eigenvalue weighted by Crippen LogP contribution is 2.22. The molecule has 1 amide bonds. The standard InChI is InChI=1S/C23H26FN3O2/c1-17-14-19-4-2-3-5-21(19)27(17)16-23(28)25-15-22(26-10-12-29-13-11-26)18-6-8-20(24)9-7-18/h2-9,14,22H,10-13,15-16H2,1H3,(H,25,28). The summed E-state index contributed by atoms with van der Waals surface area (Å²) in [6, 6.07) is 16.7. The van der Waals surface area contributed by atoms with Crippen molar-refractivity contribution in [3.05, 3.63) is 71.7 Å². The van der Waals surface area contributed by atoms with Crippen LogP contribution in [0.15, 0.2) is 54.6 Å². The third kappa shape index (κ3) is 4.49. The summed E-state index contributed by atoms with van der Waals surface area (Å²) in [5, 5.41) is 4.22. The van der Waals surface area contributed by atoms with Crippen molar-refractivity contribution < 1.29 is 13.9 Å². The molecule has 152 valence electrons. The number of para-hydroxylation sites is 1. The zero-order chi connectivity index (χ0) is 20.2. The second kappa shape index (κ2) is 8.76. The number of hydrogen-bond donors (Lipinski definition) is 1. The minimum atomic E-state index is -0.256. The molecule has 29 heavy (non-hydrogen) atoms. The van der Waals surface area contributed by atoms with Gasteiger partial charge < -0.3 is 14.6 Å². The van der Waals surface area contributed by atoms with E-state index < -0.39 is 0 Å². The van der Waals surface area contributed by atoms with Crippen LogP contribution in [0, 0.1) is 12.7 Å². The van der Waals surface area contributed by atoms with Crippen molar-refractivity contribution in [2.75, 3.05) is 32.8 Å². The van der Waals surface area contributed by atoms with Crippen molar-refractivity contribution in [3.63, 3.8) is 0 Å². The van der Waals surface area contributed by atoms with Gasteiger partial charge in [0, 0.05) is 30.8 Å². The molecule has 6 heteroatoms. The summed E-state index contributed by atoms with van der Waals surface area (Å²) in [6.45, 7) is 5.68. The Morgan fingerprint density at radius 1 is 1.14 bits per heavy atom. The second-order valence-corrected chi connectivity index (χ2v) is 7.45. The largest absolute Gasteiger partial charge is 0.379 e. The zero-order valence-corrected chi connectivity index (χ0v) is 16.6. The number of halogens is 1. The van der Waals surface area contributed by atoms with Gasteiger partial charge in [0.05, 0.1) is 19.3 Å². The Labute approximate surface area is 170 Å². The van der Waals surface area contributed by atoms with Gasteiger partial charge in [-0.15, -0.1) is 0 Å². The van der Waals surface area contributed by atoms with E-state index >= 15 is 0 Å². The zero-order valence-electron chi connectivity index (χ0n) is 16.6. The number of aryl methyl sites for hydroxylation is 1. The number of nitrogens with zero attached hydrogens (tertiary/aromatic N) is 2. The molecule has 2 aromatic carbocycles. The molecule has 1 N–H and O–H groups in total. The van der Waals surface area contributed by atoms with Crippen LogP contribution in [0.5, 0.6) is 0 Å². The normalized spacial score (nSPS) is 16.1. The minimum Gasteiger partial charge on any atom is -0.379 e. The van der Waals surface area contributed by atoms with Crippen LogP contribution in [-0.2, 0) is 16.1 Å². The van der Waals surface area contributed by atoms with Gasteiger partial charge >= 0.3 is 0 Å². The van der Waals surface area contributed by atoms with E-state index in [2.05, 4.69) is 22.3 Å². The number of nitrogens with one attached hydrogen (secondary N) is 1. The number of carbonyl (C=O) groups is 1. The third-order valence-electron chi connectivity index (χ3n) is 5.55. The molecule has 0 radical (unpaired) electrons. The predicted molar refractivity (Wildman–Crippen MR) is 111 cm³/mol. The lowest BCUT2D eigenvalue weighted by molar-refractivity contribution is -0.122. The maximum atomic E-state index is 13.4. The van der Waals surface area contributed by atoms with Crippen molar-refractivity contribution in [2.24, 2.45) is 0 Å². The van der Waals surface area contributed by atoms with Crippen LogP contribution < -0.4 is 5.32 Å². The predicted octanol–water partition coefficient (Wildman–Crippen LogP) is 3.28. The molecule has 1 aromatic heterocycles. The molecule has 3 aromatic rings. The molecule has 0 aliphatic carbocycles. The van der Waals surface area contributed by atoms with Crippen LogP contribution in [0.25, 0.3) is 10.9 Å². The van der Waals surface area contributed by atoms with Crippen molar-refractivity contribution >= 4 is 16.8 Å². The van der Waals surface area contributed by atoms with E-state index in [0.717, 1.165) is 35.2 Å². The smallest absolute Gasteiger partial charge is 0.240 e. The summed E-state index contributed by atoms with van der Waals surface area (Å²) in [5.74, 6) is -0.289. The Morgan fingerprint density at radius 3 is 2.62 bits per heavy atom. The molecule has 2 heterocycles. The highest BCUT2D eigenvalue weighted by atomic mass is 19.1. The first-order valence-electron chi connectivity index (χ1n) is 10.0. The Bertz CT molecular complexity index is 977. The summed E-state index contributed by atoms with van der Waals surface area (Å²) in [7, 11) is 0. The molecule has 1 atom stereocenters. The van der Waals surface area contributed by atoms with Crippen LogP contribution in [0.4, 0.5) is 4.39 Å². The summed E-state index contributed by atoms with van der Waals surface area (Å²) < 4.78 is 20.9. The third-order valence-corrected chi connectivity index (χ3v) is 5.55. The first-order valence-corrected chi connectivity index (χ1v) is 10.0. The maximum Gasteiger partial charge on any atom is 0.240 e. The SMILES string of the molecule is Cc1cc2ccccc2n1CC(=O)NCC(c1ccc(F)cc1)N1CCOCC1. The number of hydrogen-bond acceptors (Lipinski definition) is 3. The van der Waals surface area contributed by atoms with Gasteiger partial charge in [-0.1, -0.05) is 30.3 Å². The van der Waals surface area contributed by atoms with Gasteiger partial charge in [0.15, 0.2) is 0 Å². The number of benzene rings is 2. The fraction of sp³-hybridized carbons (Fsp3) is 0.348. The van der Waals surface area contributed by atoms with Gasteiger partial charge in [-0.25, -0.2) is 4.39 Å². The lowest BCUT2D eigenvalue weighted by atomic mass is 10.0. The van der Waals surface area contributed by atoms with Gasteiger partial charge in [0.1, 0.15) is 12.4 Å². The van der Waals surface area contributed by atoms with Gasteiger partial charge in [-0.05, 0) is 42.1 Å². The van der Waals surface area contributed by atoms with E-state index in [9.17, 15) is 9.18 Å². The Morgan fingerprint density at radius 2 is 1.86 bits per heavy atom. The minimum absolute atomic E-state index is 0.00838. The summed E-state index contributed by atoms with van der Waals surface area (Å²) in [5.41, 5.74) is 3.12. The lowest BCUT2D eigenvalue weighted by Crippen LogP contribution is -2.44. The van der Waals surface area contributed by atoms with Crippen LogP contribution >= 0.6 is 0 Å². The number of aromatic nitrogens is 1. The van der Waals surface area contributed by atoms with Gasteiger partial charge in [-0.2, -0.15) is 0 Å². The highest BCUT2D eigenvalue weighted by Gasteiger charge is 2.23. The van der Waals surface area contributed by atoms with E-state index in [1.165, 1.54) is 12.1 Å². The van der Waals surface area contributed by atoms with Crippen LogP contribution in [0.2, 0.25) is 0 Å². The fourth-order valence-corrected chi connectivity index (χ4v) is 4.00. The summed E-state index contributed by atoms with van der Waals surface area (Å²) in [4.78, 5) is 15.0. The topological polar surface area (TPSA) is 46.5 Å². The molecule has 1 aliphatic heterocycles. The number of carbonyl (C=O) groups excluding carboxylic acids is 1. The van der Waals surface area contributed by atoms with Gasteiger partial charge in [0.25, 0.3) is 0 Å². The van der Waals surface area contributed by atoms with E-state index in [1.807, 2.05) is 29.7 Å². The van der Waals surface area contributed by atoms with E-state index in [0.29, 0.717) is 19.8 Å².